The van der Waals surface area contributed by atoms with Gasteiger partial charge in [-0.2, -0.15) is 0 Å². The van der Waals surface area contributed by atoms with E-state index in [1.165, 1.54) is 14.7 Å². The van der Waals surface area contributed by atoms with Gasteiger partial charge in [-0.05, 0) is 36.3 Å². The summed E-state index contributed by atoms with van der Waals surface area (Å²) in [6.45, 7) is 4.92. The lowest BCUT2D eigenvalue weighted by Crippen LogP contribution is -2.53. The van der Waals surface area contributed by atoms with E-state index >= 15 is 0 Å². The summed E-state index contributed by atoms with van der Waals surface area (Å²) in [6.07, 6.45) is 1.04. The molecule has 1 rings (SSSR count). The molecule has 40 heavy (non-hydrogen) atoms. The Hall–Kier alpha value is -3.55. The van der Waals surface area contributed by atoms with Gasteiger partial charge in [-0.25, -0.2) is 0 Å². The second kappa shape index (κ2) is 15.9. The van der Waals surface area contributed by atoms with Gasteiger partial charge < -0.3 is 25.5 Å². The lowest BCUT2D eigenvalue weighted by molar-refractivity contribution is -0.144. The highest BCUT2D eigenvalue weighted by Crippen LogP contribution is 2.21. The molecule has 0 aliphatic rings. The van der Waals surface area contributed by atoms with E-state index in [9.17, 15) is 49.5 Å². The van der Waals surface area contributed by atoms with Crippen LogP contribution in [-0.2, 0) is 36.8 Å². The van der Waals surface area contributed by atoms with E-state index in [4.69, 9.17) is 0 Å². The SMILES string of the molecule is CC(CN(CC(=O)O)C[C@H](Cc1ccc(CC(C)(C)C)cc1)N(CC(=O)O)CC(=O)O)N(CC(=O)O)CC(=O)O. The van der Waals surface area contributed by atoms with Gasteiger partial charge in [0.05, 0.1) is 32.7 Å². The summed E-state index contributed by atoms with van der Waals surface area (Å²) in [4.78, 5) is 61.3. The first-order valence-electron chi connectivity index (χ1n) is 12.8. The summed E-state index contributed by atoms with van der Waals surface area (Å²) in [5.74, 6) is -6.21. The molecule has 0 amide bonds. The topological polar surface area (TPSA) is 196 Å². The molecular weight excluding hydrogens is 526 g/mol. The second-order valence-corrected chi connectivity index (χ2v) is 11.2. The van der Waals surface area contributed by atoms with E-state index in [0.717, 1.165) is 17.5 Å². The van der Waals surface area contributed by atoms with Crippen LogP contribution in [-0.4, -0.2) is 128 Å². The third-order valence-electron chi connectivity index (χ3n) is 6.07. The van der Waals surface area contributed by atoms with E-state index in [0.29, 0.717) is 0 Å². The largest absolute Gasteiger partial charge is 0.480 e. The zero-order valence-electron chi connectivity index (χ0n) is 23.4. The summed E-state index contributed by atoms with van der Waals surface area (Å²) in [6, 6.07) is 6.21. The molecule has 0 aromatic heterocycles. The van der Waals surface area contributed by atoms with Gasteiger partial charge in [0, 0.05) is 25.2 Å². The van der Waals surface area contributed by atoms with Crippen molar-refractivity contribution in [2.24, 2.45) is 5.41 Å². The molecule has 2 atom stereocenters. The molecule has 0 saturated heterocycles. The first-order chi connectivity index (χ1) is 18.4. The van der Waals surface area contributed by atoms with E-state index in [1.807, 2.05) is 24.3 Å². The molecule has 0 aliphatic carbocycles. The van der Waals surface area contributed by atoms with Crippen molar-refractivity contribution in [1.82, 2.24) is 14.7 Å². The minimum atomic E-state index is -1.25. The molecule has 1 aromatic rings. The number of carboxylic acid groups (broad SMARTS) is 5. The van der Waals surface area contributed by atoms with Crippen molar-refractivity contribution in [3.8, 4) is 0 Å². The maximum Gasteiger partial charge on any atom is 0.317 e. The van der Waals surface area contributed by atoms with Crippen LogP contribution in [0.25, 0.3) is 0 Å². The monoisotopic (exact) mass is 567 g/mol. The molecule has 13 nitrogen and oxygen atoms in total. The molecule has 0 saturated carbocycles. The Labute approximate surface area is 233 Å². The number of carboxylic acids is 5. The standard InChI is InChI=1S/C27H41N3O10/c1-18(29(14-23(33)34)15-24(35)36)11-28(13-22(31)32)12-21(30(16-25(37)38)17-26(39)40)9-19-5-7-20(8-6-19)10-27(2,3)4/h5-8,18,21H,9-17H2,1-4H3,(H,31,32)(H,33,34)(H,35,36)(H,37,38)(H,39,40)/t18?,21-/m0/s1. The van der Waals surface area contributed by atoms with Crippen molar-refractivity contribution in [1.29, 1.82) is 0 Å². The lowest BCUT2D eigenvalue weighted by atomic mass is 9.87. The normalized spacial score (nSPS) is 13.4. The predicted octanol–water partition coefficient (Wildman–Crippen LogP) is 0.904. The third kappa shape index (κ3) is 14.6. The third-order valence-corrected chi connectivity index (χ3v) is 6.07. The number of hydrogen-bond acceptors (Lipinski definition) is 8. The number of hydrogen-bond donors (Lipinski definition) is 5. The van der Waals surface area contributed by atoms with Crippen LogP contribution in [0.2, 0.25) is 0 Å². The van der Waals surface area contributed by atoms with Crippen LogP contribution in [0.4, 0.5) is 0 Å². The van der Waals surface area contributed by atoms with Gasteiger partial charge in [0.15, 0.2) is 0 Å². The number of rotatable bonds is 19. The highest BCUT2D eigenvalue weighted by molar-refractivity contribution is 5.73. The molecule has 224 valence electrons. The second-order valence-electron chi connectivity index (χ2n) is 11.2. The molecule has 0 spiro atoms. The Morgan fingerprint density at radius 2 is 1.05 bits per heavy atom. The summed E-state index contributed by atoms with van der Waals surface area (Å²) in [5.41, 5.74) is 1.96. The molecule has 0 heterocycles. The van der Waals surface area contributed by atoms with Crippen molar-refractivity contribution in [3.05, 3.63) is 35.4 Å². The molecule has 13 heteroatoms. The highest BCUT2D eigenvalue weighted by atomic mass is 16.4. The van der Waals surface area contributed by atoms with E-state index in [1.54, 1.807) is 6.92 Å². The fourth-order valence-corrected chi connectivity index (χ4v) is 4.55. The summed E-state index contributed by atoms with van der Waals surface area (Å²) < 4.78 is 0. The van der Waals surface area contributed by atoms with Crippen molar-refractivity contribution in [3.63, 3.8) is 0 Å². The predicted molar refractivity (Wildman–Crippen MR) is 144 cm³/mol. The van der Waals surface area contributed by atoms with Gasteiger partial charge in [0.25, 0.3) is 0 Å². The highest BCUT2D eigenvalue weighted by Gasteiger charge is 2.29. The van der Waals surface area contributed by atoms with E-state index < -0.39 is 74.7 Å². The number of nitrogens with zero attached hydrogens (tertiary/aromatic N) is 3. The maximum atomic E-state index is 11.7. The van der Waals surface area contributed by atoms with Gasteiger partial charge in [0.1, 0.15) is 0 Å². The maximum absolute atomic E-state index is 11.7. The summed E-state index contributed by atoms with van der Waals surface area (Å²) >= 11 is 0. The Morgan fingerprint density at radius 3 is 1.45 bits per heavy atom. The van der Waals surface area contributed by atoms with E-state index in [2.05, 4.69) is 20.8 Å². The van der Waals surface area contributed by atoms with Gasteiger partial charge >= 0.3 is 29.8 Å². The number of aliphatic carboxylic acids is 5. The lowest BCUT2D eigenvalue weighted by Gasteiger charge is -2.36. The van der Waals surface area contributed by atoms with Crippen molar-refractivity contribution in [2.75, 3.05) is 45.8 Å². The van der Waals surface area contributed by atoms with Crippen LogP contribution in [0.3, 0.4) is 0 Å². The number of benzene rings is 1. The summed E-state index contributed by atoms with van der Waals surface area (Å²) in [7, 11) is 0. The van der Waals surface area contributed by atoms with Crippen molar-refractivity contribution in [2.45, 2.75) is 52.6 Å². The zero-order chi connectivity index (χ0) is 30.6. The van der Waals surface area contributed by atoms with Gasteiger partial charge in [-0.15, -0.1) is 0 Å². The fraction of sp³-hybridized carbons (Fsp3) is 0.593. The van der Waals surface area contributed by atoms with Crippen molar-refractivity contribution >= 4 is 29.8 Å². The average molecular weight is 568 g/mol. The van der Waals surface area contributed by atoms with Crippen LogP contribution in [0.5, 0.6) is 0 Å². The molecule has 1 unspecified atom stereocenters. The molecule has 0 aliphatic heterocycles. The zero-order valence-corrected chi connectivity index (χ0v) is 23.4. The Bertz CT molecular complexity index is 990. The minimum Gasteiger partial charge on any atom is -0.480 e. The molecular formula is C27H41N3O10. The van der Waals surface area contributed by atoms with Crippen LogP contribution in [0, 0.1) is 5.41 Å². The molecule has 0 bridgehead atoms. The first kappa shape index (κ1) is 34.5. The van der Waals surface area contributed by atoms with Crippen LogP contribution in [0.1, 0.15) is 38.8 Å². The average Bonchev–Trinajstić information content (AvgIpc) is 2.76. The van der Waals surface area contributed by atoms with Crippen LogP contribution in [0.15, 0.2) is 24.3 Å². The van der Waals surface area contributed by atoms with Gasteiger partial charge in [0.2, 0.25) is 0 Å². The first-order valence-corrected chi connectivity index (χ1v) is 12.8. The molecule has 0 radical (unpaired) electrons. The quantitative estimate of drug-likeness (QED) is 0.158. The molecule has 0 fully saturated rings. The van der Waals surface area contributed by atoms with E-state index in [-0.39, 0.29) is 24.9 Å². The molecule has 5 N–H and O–H groups in total. The van der Waals surface area contributed by atoms with Gasteiger partial charge in [-0.1, -0.05) is 45.0 Å². The fourth-order valence-electron chi connectivity index (χ4n) is 4.55. The minimum absolute atomic E-state index is 0.0537. The summed E-state index contributed by atoms with van der Waals surface area (Å²) in [5, 5.41) is 46.9. The Balaban J connectivity index is 3.33. The van der Waals surface area contributed by atoms with Crippen LogP contribution < -0.4 is 0 Å². The molecule has 1 aromatic carbocycles. The van der Waals surface area contributed by atoms with Gasteiger partial charge in [-0.3, -0.25) is 38.7 Å². The smallest absolute Gasteiger partial charge is 0.317 e. The van der Waals surface area contributed by atoms with Crippen molar-refractivity contribution < 1.29 is 49.5 Å². The van der Waals surface area contributed by atoms with Crippen LogP contribution >= 0.6 is 0 Å². The Morgan fingerprint density at radius 1 is 0.650 bits per heavy atom. The number of carbonyl (C=O) groups is 5. The Kier molecular flexibility index (Phi) is 13.7.